The van der Waals surface area contributed by atoms with Gasteiger partial charge < -0.3 is 19.7 Å². The predicted octanol–water partition coefficient (Wildman–Crippen LogP) is 3.18. The number of piperidine rings is 1. The average molecular weight is 340 g/mol. The van der Waals surface area contributed by atoms with Crippen LogP contribution in [0.5, 0.6) is 0 Å². The van der Waals surface area contributed by atoms with Gasteiger partial charge in [0, 0.05) is 37.7 Å². The van der Waals surface area contributed by atoms with E-state index in [2.05, 4.69) is 51.4 Å². The molecule has 2 saturated heterocycles. The first-order valence-corrected chi connectivity index (χ1v) is 8.84. The Balaban J connectivity index is 1.49. The van der Waals surface area contributed by atoms with Crippen LogP contribution in [0.4, 0.5) is 17.3 Å². The van der Waals surface area contributed by atoms with Crippen LogP contribution in [0.15, 0.2) is 30.3 Å². The molecule has 0 bridgehead atoms. The second-order valence-corrected chi connectivity index (χ2v) is 6.74. The van der Waals surface area contributed by atoms with Gasteiger partial charge in [-0.25, -0.2) is 9.97 Å². The lowest BCUT2D eigenvalue weighted by Gasteiger charge is -2.38. The van der Waals surface area contributed by atoms with Gasteiger partial charge in [-0.05, 0) is 26.0 Å². The molecule has 1 aromatic heterocycles. The number of aryl methyl sites for hydroxylation is 2. The van der Waals surface area contributed by atoms with Gasteiger partial charge in [-0.1, -0.05) is 17.7 Å². The molecular formula is C19H24N4O2. The van der Waals surface area contributed by atoms with Crippen molar-refractivity contribution in [2.45, 2.75) is 32.5 Å². The molecule has 1 N–H and O–H groups in total. The smallest absolute Gasteiger partial charge is 0.171 e. The molecule has 0 unspecified atom stereocenters. The molecule has 2 aliphatic heterocycles. The Labute approximate surface area is 148 Å². The molecule has 25 heavy (non-hydrogen) atoms. The summed E-state index contributed by atoms with van der Waals surface area (Å²) in [4.78, 5) is 11.4. The quantitative estimate of drug-likeness (QED) is 0.926. The van der Waals surface area contributed by atoms with Gasteiger partial charge in [0.25, 0.3) is 0 Å². The van der Waals surface area contributed by atoms with Crippen LogP contribution in [0, 0.1) is 13.8 Å². The zero-order valence-electron chi connectivity index (χ0n) is 14.8. The van der Waals surface area contributed by atoms with Crippen LogP contribution >= 0.6 is 0 Å². The molecule has 6 nitrogen and oxygen atoms in total. The van der Waals surface area contributed by atoms with Crippen molar-refractivity contribution in [1.29, 1.82) is 0 Å². The Bertz CT molecular complexity index is 732. The summed E-state index contributed by atoms with van der Waals surface area (Å²) >= 11 is 0. The summed E-state index contributed by atoms with van der Waals surface area (Å²) in [5.41, 5.74) is 2.27. The van der Waals surface area contributed by atoms with Crippen molar-refractivity contribution < 1.29 is 9.47 Å². The lowest BCUT2D eigenvalue weighted by atomic mass is 10.0. The van der Waals surface area contributed by atoms with E-state index < -0.39 is 0 Å². The first-order chi connectivity index (χ1) is 12.1. The summed E-state index contributed by atoms with van der Waals surface area (Å²) in [7, 11) is 0. The van der Waals surface area contributed by atoms with E-state index in [0.29, 0.717) is 13.2 Å². The Kier molecular flexibility index (Phi) is 4.31. The minimum atomic E-state index is -0.360. The van der Waals surface area contributed by atoms with Gasteiger partial charge in [-0.2, -0.15) is 0 Å². The van der Waals surface area contributed by atoms with Crippen LogP contribution in [0.2, 0.25) is 0 Å². The summed E-state index contributed by atoms with van der Waals surface area (Å²) in [5, 5.41) is 3.37. The highest BCUT2D eigenvalue weighted by Gasteiger charge is 2.40. The molecule has 2 aliphatic rings. The third-order valence-corrected chi connectivity index (χ3v) is 4.81. The summed E-state index contributed by atoms with van der Waals surface area (Å²) in [6, 6.07) is 10.3. The van der Waals surface area contributed by atoms with Crippen LogP contribution in [0.1, 0.15) is 24.2 Å². The topological polar surface area (TPSA) is 59.5 Å². The van der Waals surface area contributed by atoms with E-state index in [1.807, 2.05) is 13.0 Å². The molecule has 2 aromatic rings. The molecule has 1 spiro atoms. The van der Waals surface area contributed by atoms with E-state index >= 15 is 0 Å². The summed E-state index contributed by atoms with van der Waals surface area (Å²) < 4.78 is 11.6. The number of rotatable bonds is 3. The molecule has 0 atom stereocenters. The molecule has 1 aromatic carbocycles. The van der Waals surface area contributed by atoms with Gasteiger partial charge in [0.2, 0.25) is 0 Å². The van der Waals surface area contributed by atoms with E-state index in [-0.39, 0.29) is 5.79 Å². The highest BCUT2D eigenvalue weighted by Crippen LogP contribution is 2.33. The van der Waals surface area contributed by atoms with Crippen molar-refractivity contribution in [3.8, 4) is 0 Å². The average Bonchev–Trinajstić information content (AvgIpc) is 3.05. The number of benzene rings is 1. The fraction of sp³-hybridized carbons (Fsp3) is 0.474. The van der Waals surface area contributed by atoms with E-state index in [1.165, 1.54) is 5.56 Å². The largest absolute Gasteiger partial charge is 0.356 e. The highest BCUT2D eigenvalue weighted by atomic mass is 16.7. The zero-order valence-corrected chi connectivity index (χ0v) is 14.8. The van der Waals surface area contributed by atoms with E-state index in [9.17, 15) is 0 Å². The lowest BCUT2D eigenvalue weighted by molar-refractivity contribution is -0.169. The third-order valence-electron chi connectivity index (χ3n) is 4.81. The number of aromatic nitrogens is 2. The Morgan fingerprint density at radius 3 is 2.36 bits per heavy atom. The maximum absolute atomic E-state index is 5.81. The third kappa shape index (κ3) is 3.60. The van der Waals surface area contributed by atoms with Gasteiger partial charge in [0.15, 0.2) is 5.79 Å². The molecule has 0 radical (unpaired) electrons. The monoisotopic (exact) mass is 340 g/mol. The van der Waals surface area contributed by atoms with Gasteiger partial charge in [-0.15, -0.1) is 0 Å². The molecular weight excluding hydrogens is 316 g/mol. The Morgan fingerprint density at radius 2 is 1.68 bits per heavy atom. The van der Waals surface area contributed by atoms with Crippen molar-refractivity contribution in [3.05, 3.63) is 41.7 Å². The molecule has 2 fully saturated rings. The minimum absolute atomic E-state index is 0.360. The molecule has 4 rings (SSSR count). The van der Waals surface area contributed by atoms with Crippen molar-refractivity contribution in [3.63, 3.8) is 0 Å². The van der Waals surface area contributed by atoms with Crippen molar-refractivity contribution >= 4 is 17.3 Å². The fourth-order valence-electron chi connectivity index (χ4n) is 3.42. The van der Waals surface area contributed by atoms with E-state index in [1.54, 1.807) is 0 Å². The first kappa shape index (κ1) is 16.3. The lowest BCUT2D eigenvalue weighted by Crippen LogP contribution is -2.45. The standard InChI is InChI=1S/C19H24N4O2/c1-14-3-5-16(6-4-14)22-17-13-18(21-15(2)20-17)23-9-7-19(8-10-23)24-11-12-25-19/h3-6,13H,7-12H2,1-2H3,(H,20,21,22). The van der Waals surface area contributed by atoms with E-state index in [0.717, 1.165) is 49.1 Å². The Morgan fingerprint density at radius 1 is 1.00 bits per heavy atom. The molecule has 3 heterocycles. The van der Waals surface area contributed by atoms with Crippen molar-refractivity contribution in [2.24, 2.45) is 0 Å². The molecule has 0 amide bonds. The van der Waals surface area contributed by atoms with E-state index in [4.69, 9.17) is 9.47 Å². The van der Waals surface area contributed by atoms with Crippen LogP contribution < -0.4 is 10.2 Å². The maximum Gasteiger partial charge on any atom is 0.171 e. The number of nitrogens with zero attached hydrogens (tertiary/aromatic N) is 3. The number of ether oxygens (including phenoxy) is 2. The minimum Gasteiger partial charge on any atom is -0.356 e. The van der Waals surface area contributed by atoms with Crippen LogP contribution in [0.25, 0.3) is 0 Å². The van der Waals surface area contributed by atoms with Crippen LogP contribution in [-0.2, 0) is 9.47 Å². The van der Waals surface area contributed by atoms with Gasteiger partial charge >= 0.3 is 0 Å². The number of hydrogen-bond donors (Lipinski definition) is 1. The zero-order chi connectivity index (χ0) is 17.3. The van der Waals surface area contributed by atoms with Gasteiger partial charge in [0.05, 0.1) is 13.2 Å². The predicted molar refractivity (Wildman–Crippen MR) is 97.3 cm³/mol. The second kappa shape index (κ2) is 6.61. The first-order valence-electron chi connectivity index (χ1n) is 8.84. The SMILES string of the molecule is Cc1ccc(Nc2cc(N3CCC4(CC3)OCCO4)nc(C)n2)cc1. The summed E-state index contributed by atoms with van der Waals surface area (Å²) in [5.74, 6) is 2.18. The van der Waals surface area contributed by atoms with Crippen LogP contribution in [0.3, 0.4) is 0 Å². The molecule has 0 saturated carbocycles. The normalized spacial score (nSPS) is 19.4. The maximum atomic E-state index is 5.81. The van der Waals surface area contributed by atoms with Crippen molar-refractivity contribution in [1.82, 2.24) is 9.97 Å². The second-order valence-electron chi connectivity index (χ2n) is 6.74. The number of nitrogens with one attached hydrogen (secondary N) is 1. The fourth-order valence-corrected chi connectivity index (χ4v) is 3.42. The summed E-state index contributed by atoms with van der Waals surface area (Å²) in [6.45, 7) is 7.17. The van der Waals surface area contributed by atoms with Crippen molar-refractivity contribution in [2.75, 3.05) is 36.5 Å². The van der Waals surface area contributed by atoms with Gasteiger partial charge in [-0.3, -0.25) is 0 Å². The molecule has 6 heteroatoms. The molecule has 132 valence electrons. The van der Waals surface area contributed by atoms with Gasteiger partial charge in [0.1, 0.15) is 17.5 Å². The Hall–Kier alpha value is -2.18. The highest BCUT2D eigenvalue weighted by molar-refractivity contribution is 5.60. The summed E-state index contributed by atoms with van der Waals surface area (Å²) in [6.07, 6.45) is 1.74. The number of anilines is 3. The molecule has 0 aliphatic carbocycles. The van der Waals surface area contributed by atoms with Crippen LogP contribution in [-0.4, -0.2) is 42.1 Å². The number of hydrogen-bond acceptors (Lipinski definition) is 6.